The molecule has 2 aromatic carbocycles. The fraction of sp³-hybridized carbons (Fsp3) is 0.208. The van der Waals surface area contributed by atoms with Gasteiger partial charge >= 0.3 is 0 Å². The van der Waals surface area contributed by atoms with E-state index in [-0.39, 0.29) is 22.8 Å². The van der Waals surface area contributed by atoms with Crippen molar-refractivity contribution in [3.8, 4) is 5.75 Å². The van der Waals surface area contributed by atoms with Gasteiger partial charge in [0.1, 0.15) is 11.3 Å². The van der Waals surface area contributed by atoms with Crippen molar-refractivity contribution in [3.05, 3.63) is 93.3 Å². The molecule has 0 radical (unpaired) electrons. The lowest BCUT2D eigenvalue weighted by Gasteiger charge is -2.36. The summed E-state index contributed by atoms with van der Waals surface area (Å²) in [6, 6.07) is 17.2. The van der Waals surface area contributed by atoms with Gasteiger partial charge in [-0.05, 0) is 17.7 Å². The number of aromatic hydroxyl groups is 1. The highest BCUT2D eigenvalue weighted by atomic mass is 32.1. The van der Waals surface area contributed by atoms with Crippen molar-refractivity contribution in [3.63, 3.8) is 0 Å². The highest BCUT2D eigenvalue weighted by Crippen LogP contribution is 2.27. The maximum absolute atomic E-state index is 13.1. The van der Waals surface area contributed by atoms with Crippen molar-refractivity contribution in [2.45, 2.75) is 6.42 Å². The van der Waals surface area contributed by atoms with E-state index in [1.165, 1.54) is 21.9 Å². The van der Waals surface area contributed by atoms with Crippen LogP contribution >= 0.6 is 11.3 Å². The van der Waals surface area contributed by atoms with E-state index in [2.05, 4.69) is 4.98 Å². The molecule has 0 atom stereocenters. The quantitative estimate of drug-likeness (QED) is 0.521. The molecule has 162 valence electrons. The number of thiazole rings is 1. The molecule has 8 heteroatoms. The molecule has 32 heavy (non-hydrogen) atoms. The van der Waals surface area contributed by atoms with Crippen LogP contribution in [0.3, 0.4) is 0 Å². The molecule has 1 aliphatic rings. The number of hydrogen-bond acceptors (Lipinski definition) is 6. The van der Waals surface area contributed by atoms with E-state index in [0.717, 1.165) is 16.1 Å². The number of para-hydroxylation sites is 2. The fourth-order valence-corrected chi connectivity index (χ4v) is 4.98. The monoisotopic (exact) mass is 446 g/mol. The van der Waals surface area contributed by atoms with Gasteiger partial charge in [-0.25, -0.2) is 4.98 Å². The summed E-state index contributed by atoms with van der Waals surface area (Å²) in [6.07, 6.45) is 3.90. The molecule has 0 spiro atoms. The van der Waals surface area contributed by atoms with Gasteiger partial charge in [-0.2, -0.15) is 0 Å². The van der Waals surface area contributed by atoms with Crippen molar-refractivity contribution in [2.75, 3.05) is 31.1 Å². The molecule has 1 aliphatic heterocycles. The first-order chi connectivity index (χ1) is 15.6. The van der Waals surface area contributed by atoms with E-state index >= 15 is 0 Å². The zero-order valence-electron chi connectivity index (χ0n) is 17.3. The number of aromatic nitrogens is 2. The van der Waals surface area contributed by atoms with Crippen molar-refractivity contribution >= 4 is 27.9 Å². The van der Waals surface area contributed by atoms with Crippen molar-refractivity contribution in [2.24, 2.45) is 0 Å². The lowest BCUT2D eigenvalue weighted by Crippen LogP contribution is -2.49. The fourth-order valence-electron chi connectivity index (χ4n) is 4.01. The lowest BCUT2D eigenvalue weighted by molar-refractivity contribution is 0.0744. The number of phenolic OH excluding ortho intramolecular Hbond substituents is 1. The highest BCUT2D eigenvalue weighted by molar-refractivity contribution is 7.17. The van der Waals surface area contributed by atoms with Crippen LogP contribution in [0.5, 0.6) is 5.75 Å². The zero-order chi connectivity index (χ0) is 22.1. The van der Waals surface area contributed by atoms with Gasteiger partial charge < -0.3 is 14.9 Å². The molecular weight excluding hydrogens is 424 g/mol. The molecule has 1 N–H and O–H groups in total. The maximum atomic E-state index is 13.1. The van der Waals surface area contributed by atoms with Gasteiger partial charge in [0.2, 0.25) is 0 Å². The number of anilines is 1. The van der Waals surface area contributed by atoms with Gasteiger partial charge in [0.15, 0.2) is 4.96 Å². The Morgan fingerprint density at radius 1 is 1.00 bits per heavy atom. The Kier molecular flexibility index (Phi) is 5.36. The van der Waals surface area contributed by atoms with Crippen LogP contribution in [0.4, 0.5) is 5.69 Å². The summed E-state index contributed by atoms with van der Waals surface area (Å²) in [5.74, 6) is -0.0754. The number of fused-ring (bicyclic) bond motifs is 1. The van der Waals surface area contributed by atoms with Gasteiger partial charge in [0.05, 0.1) is 5.69 Å². The second-order valence-corrected chi connectivity index (χ2v) is 8.85. The number of nitrogens with zero attached hydrogens (tertiary/aromatic N) is 4. The number of rotatable bonds is 4. The minimum absolute atomic E-state index is 0.0857. The average molecular weight is 447 g/mol. The van der Waals surface area contributed by atoms with Crippen LogP contribution in [-0.2, 0) is 6.42 Å². The SMILES string of the molecule is O=C(c1cnc2sc(Cc3ccccc3)cn2c1=O)N1CCN(c2ccccc2O)CC1. The summed E-state index contributed by atoms with van der Waals surface area (Å²) in [5, 5.41) is 10.1. The second-order valence-electron chi connectivity index (χ2n) is 7.76. The van der Waals surface area contributed by atoms with Gasteiger partial charge in [-0.15, -0.1) is 11.3 Å². The summed E-state index contributed by atoms with van der Waals surface area (Å²) in [6.45, 7) is 2.11. The number of hydrogen-bond donors (Lipinski definition) is 1. The molecule has 4 aromatic rings. The van der Waals surface area contributed by atoms with Crippen LogP contribution in [0.15, 0.2) is 71.8 Å². The summed E-state index contributed by atoms with van der Waals surface area (Å²) in [7, 11) is 0. The number of phenols is 1. The first kappa shape index (κ1) is 20.3. The molecule has 0 unspecified atom stereocenters. The van der Waals surface area contributed by atoms with E-state index < -0.39 is 0 Å². The first-order valence-corrected chi connectivity index (χ1v) is 11.3. The highest BCUT2D eigenvalue weighted by Gasteiger charge is 2.26. The van der Waals surface area contributed by atoms with Crippen molar-refractivity contribution < 1.29 is 9.90 Å². The third kappa shape index (κ3) is 3.85. The van der Waals surface area contributed by atoms with E-state index in [9.17, 15) is 14.7 Å². The standard InChI is InChI=1S/C24H22N4O3S/c29-21-9-5-4-8-20(21)26-10-12-27(13-11-26)22(30)19-15-25-24-28(23(19)31)16-18(32-24)14-17-6-2-1-3-7-17/h1-9,15-16,29H,10-14H2. The van der Waals surface area contributed by atoms with Crippen LogP contribution < -0.4 is 10.5 Å². The minimum atomic E-state index is -0.335. The topological polar surface area (TPSA) is 78.2 Å². The van der Waals surface area contributed by atoms with Crippen molar-refractivity contribution in [1.82, 2.24) is 14.3 Å². The average Bonchev–Trinajstić information content (AvgIpc) is 3.23. The normalized spacial score (nSPS) is 14.1. The third-order valence-electron chi connectivity index (χ3n) is 5.70. The van der Waals surface area contributed by atoms with Crippen LogP contribution in [0.2, 0.25) is 0 Å². The number of piperazine rings is 1. The van der Waals surface area contributed by atoms with E-state index in [1.807, 2.05) is 47.4 Å². The molecule has 0 aliphatic carbocycles. The summed E-state index contributed by atoms with van der Waals surface area (Å²) < 4.78 is 1.48. The summed E-state index contributed by atoms with van der Waals surface area (Å²) in [4.78, 5) is 35.8. The molecule has 1 amide bonds. The minimum Gasteiger partial charge on any atom is -0.506 e. The third-order valence-corrected chi connectivity index (χ3v) is 6.69. The molecule has 1 saturated heterocycles. The zero-order valence-corrected chi connectivity index (χ0v) is 18.2. The Bertz CT molecular complexity index is 1320. The molecule has 0 bridgehead atoms. The van der Waals surface area contributed by atoms with Crippen LogP contribution in [0.1, 0.15) is 20.8 Å². The maximum Gasteiger partial charge on any atom is 0.271 e. The van der Waals surface area contributed by atoms with Gasteiger partial charge in [-0.1, -0.05) is 42.5 Å². The summed E-state index contributed by atoms with van der Waals surface area (Å²) in [5.41, 5.74) is 1.67. The number of carbonyl (C=O) groups excluding carboxylic acids is 1. The van der Waals surface area contributed by atoms with Crippen LogP contribution in [0, 0.1) is 0 Å². The molecule has 3 heterocycles. The van der Waals surface area contributed by atoms with E-state index in [0.29, 0.717) is 37.6 Å². The molecule has 5 rings (SSSR count). The lowest BCUT2D eigenvalue weighted by atomic mass is 10.1. The summed E-state index contributed by atoms with van der Waals surface area (Å²) >= 11 is 1.46. The number of benzene rings is 2. The van der Waals surface area contributed by atoms with Crippen LogP contribution in [0.25, 0.3) is 4.96 Å². The van der Waals surface area contributed by atoms with Gasteiger partial charge in [0, 0.05) is 49.9 Å². The number of amides is 1. The molecule has 7 nitrogen and oxygen atoms in total. The van der Waals surface area contributed by atoms with E-state index in [1.54, 1.807) is 23.2 Å². The Hall–Kier alpha value is -3.65. The predicted molar refractivity (Wildman–Crippen MR) is 125 cm³/mol. The largest absolute Gasteiger partial charge is 0.506 e. The van der Waals surface area contributed by atoms with Crippen LogP contribution in [-0.4, -0.2) is 51.5 Å². The predicted octanol–water partition coefficient (Wildman–Crippen LogP) is 3.01. The molecule has 1 fully saturated rings. The molecule has 2 aromatic heterocycles. The van der Waals surface area contributed by atoms with Gasteiger partial charge in [-0.3, -0.25) is 14.0 Å². The second kappa shape index (κ2) is 8.47. The smallest absolute Gasteiger partial charge is 0.271 e. The molecular formula is C24H22N4O3S. The van der Waals surface area contributed by atoms with Gasteiger partial charge in [0.25, 0.3) is 11.5 Å². The Balaban J connectivity index is 1.33. The van der Waals surface area contributed by atoms with E-state index in [4.69, 9.17) is 0 Å². The Morgan fingerprint density at radius 2 is 1.72 bits per heavy atom. The molecule has 0 saturated carbocycles. The van der Waals surface area contributed by atoms with Crippen molar-refractivity contribution in [1.29, 1.82) is 0 Å². The first-order valence-electron chi connectivity index (χ1n) is 10.5. The Labute approximate surface area is 188 Å². The Morgan fingerprint density at radius 3 is 2.47 bits per heavy atom. The number of carbonyl (C=O) groups is 1.